The maximum absolute atomic E-state index is 13.3. The summed E-state index contributed by atoms with van der Waals surface area (Å²) in [6.45, 7) is 1.56. The first kappa shape index (κ1) is 15.9. The number of rotatable bonds is 3. The number of hydrogen-bond acceptors (Lipinski definition) is 4. The van der Waals surface area contributed by atoms with Gasteiger partial charge in [-0.05, 0) is 61.3 Å². The predicted molar refractivity (Wildman–Crippen MR) is 89.0 cm³/mol. The van der Waals surface area contributed by atoms with Crippen LogP contribution in [-0.2, 0) is 5.41 Å². The number of hydrogen-bond donors (Lipinski definition) is 1. The molecule has 4 rings (SSSR count). The zero-order valence-electron chi connectivity index (χ0n) is 13.5. The molecule has 4 nitrogen and oxygen atoms in total. The summed E-state index contributed by atoms with van der Waals surface area (Å²) in [6, 6.07) is 12.4. The van der Waals surface area contributed by atoms with Crippen LogP contribution >= 0.6 is 0 Å². The molecular formula is C19H17F2N3O. The number of aromatic nitrogens is 2. The van der Waals surface area contributed by atoms with Gasteiger partial charge in [0.2, 0.25) is 11.7 Å². The highest BCUT2D eigenvalue weighted by Crippen LogP contribution is 2.38. The van der Waals surface area contributed by atoms with Gasteiger partial charge in [-0.25, -0.2) is 8.78 Å². The van der Waals surface area contributed by atoms with Crippen molar-refractivity contribution in [3.8, 4) is 11.4 Å². The van der Waals surface area contributed by atoms with Gasteiger partial charge in [-0.15, -0.1) is 0 Å². The van der Waals surface area contributed by atoms with Gasteiger partial charge in [0.15, 0.2) is 0 Å². The normalized spacial score (nSPS) is 20.6. The molecule has 0 saturated carbocycles. The Bertz CT molecular complexity index is 853. The van der Waals surface area contributed by atoms with Crippen LogP contribution in [0.3, 0.4) is 0 Å². The third kappa shape index (κ3) is 2.93. The fraction of sp³-hybridized carbons (Fsp3) is 0.263. The Hall–Kier alpha value is -2.60. The molecule has 1 fully saturated rings. The second-order valence-electron chi connectivity index (χ2n) is 6.30. The summed E-state index contributed by atoms with van der Waals surface area (Å²) < 4.78 is 32.0. The van der Waals surface area contributed by atoms with Crippen molar-refractivity contribution >= 4 is 0 Å². The fourth-order valence-corrected chi connectivity index (χ4v) is 3.36. The second kappa shape index (κ2) is 6.37. The number of benzene rings is 2. The van der Waals surface area contributed by atoms with E-state index in [1.165, 1.54) is 24.3 Å². The lowest BCUT2D eigenvalue weighted by atomic mass is 9.74. The van der Waals surface area contributed by atoms with Crippen LogP contribution in [0.25, 0.3) is 11.4 Å². The third-order valence-electron chi connectivity index (χ3n) is 4.72. The van der Waals surface area contributed by atoms with E-state index in [1.54, 1.807) is 24.3 Å². The van der Waals surface area contributed by atoms with Gasteiger partial charge in [-0.1, -0.05) is 17.3 Å². The number of piperidine rings is 1. The van der Waals surface area contributed by atoms with Crippen LogP contribution in [0, 0.1) is 11.6 Å². The van der Waals surface area contributed by atoms with E-state index in [0.29, 0.717) is 23.8 Å². The standard InChI is InChI=1S/C19H17F2N3O/c20-15-6-2-13(3-7-15)17-23-18(25-24-17)19(10-1-11-22-12-19)14-4-8-16(21)9-5-14/h2-9,22H,1,10-12H2. The molecule has 2 aromatic carbocycles. The maximum Gasteiger partial charge on any atom is 0.238 e. The molecule has 3 aromatic rings. The zero-order chi connectivity index (χ0) is 17.3. The Kier molecular flexibility index (Phi) is 4.05. The van der Waals surface area contributed by atoms with Gasteiger partial charge in [-0.3, -0.25) is 0 Å². The Morgan fingerprint density at radius 2 is 1.64 bits per heavy atom. The average Bonchev–Trinajstić information content (AvgIpc) is 3.14. The molecule has 0 radical (unpaired) electrons. The first-order valence-electron chi connectivity index (χ1n) is 8.24. The molecule has 6 heteroatoms. The highest BCUT2D eigenvalue weighted by Gasteiger charge is 2.41. The highest BCUT2D eigenvalue weighted by atomic mass is 19.1. The van der Waals surface area contributed by atoms with Crippen LogP contribution in [0.1, 0.15) is 24.3 Å². The topological polar surface area (TPSA) is 51.0 Å². The summed E-state index contributed by atoms with van der Waals surface area (Å²) in [4.78, 5) is 4.57. The van der Waals surface area contributed by atoms with E-state index in [9.17, 15) is 8.78 Å². The Labute approximate surface area is 143 Å². The van der Waals surface area contributed by atoms with Crippen molar-refractivity contribution in [2.45, 2.75) is 18.3 Å². The SMILES string of the molecule is Fc1ccc(-c2noc(C3(c4ccc(F)cc4)CCCNC3)n2)cc1. The van der Waals surface area contributed by atoms with Gasteiger partial charge in [0.25, 0.3) is 0 Å². The van der Waals surface area contributed by atoms with Crippen molar-refractivity contribution in [3.63, 3.8) is 0 Å². The monoisotopic (exact) mass is 341 g/mol. The van der Waals surface area contributed by atoms with E-state index < -0.39 is 5.41 Å². The van der Waals surface area contributed by atoms with E-state index in [4.69, 9.17) is 4.52 Å². The lowest BCUT2D eigenvalue weighted by Gasteiger charge is -2.34. The summed E-state index contributed by atoms with van der Waals surface area (Å²) in [5.74, 6) is 0.319. The molecule has 1 aliphatic heterocycles. The molecule has 1 unspecified atom stereocenters. The molecule has 0 amide bonds. The van der Waals surface area contributed by atoms with E-state index >= 15 is 0 Å². The number of nitrogens with zero attached hydrogens (tertiary/aromatic N) is 2. The maximum atomic E-state index is 13.3. The van der Waals surface area contributed by atoms with Gasteiger partial charge in [-0.2, -0.15) is 4.98 Å². The third-order valence-corrected chi connectivity index (χ3v) is 4.72. The van der Waals surface area contributed by atoms with Gasteiger partial charge >= 0.3 is 0 Å². The van der Waals surface area contributed by atoms with Gasteiger partial charge in [0.1, 0.15) is 11.6 Å². The van der Waals surface area contributed by atoms with Crippen LogP contribution in [-0.4, -0.2) is 23.2 Å². The van der Waals surface area contributed by atoms with Crippen molar-refractivity contribution in [2.24, 2.45) is 0 Å². The van der Waals surface area contributed by atoms with Gasteiger partial charge < -0.3 is 9.84 Å². The predicted octanol–water partition coefficient (Wildman–Crippen LogP) is 3.68. The minimum Gasteiger partial charge on any atom is -0.338 e. The van der Waals surface area contributed by atoms with Crippen LogP contribution in [0.5, 0.6) is 0 Å². The first-order chi connectivity index (χ1) is 12.2. The summed E-state index contributed by atoms with van der Waals surface area (Å²) >= 11 is 0. The molecule has 0 bridgehead atoms. The fourth-order valence-electron chi connectivity index (χ4n) is 3.36. The van der Waals surface area contributed by atoms with Crippen LogP contribution in [0.4, 0.5) is 8.78 Å². The molecular weight excluding hydrogens is 324 g/mol. The van der Waals surface area contributed by atoms with Gasteiger partial charge in [0.05, 0.1) is 5.41 Å². The zero-order valence-corrected chi connectivity index (χ0v) is 13.5. The minimum atomic E-state index is -0.489. The number of halogens is 2. The van der Waals surface area contributed by atoms with Crippen molar-refractivity contribution in [2.75, 3.05) is 13.1 Å². The molecule has 1 saturated heterocycles. The molecule has 25 heavy (non-hydrogen) atoms. The van der Waals surface area contributed by atoms with E-state index in [-0.39, 0.29) is 11.6 Å². The van der Waals surface area contributed by atoms with Crippen molar-refractivity contribution in [1.29, 1.82) is 0 Å². The summed E-state index contributed by atoms with van der Waals surface area (Å²) in [7, 11) is 0. The van der Waals surface area contributed by atoms with Crippen molar-refractivity contribution < 1.29 is 13.3 Å². The van der Waals surface area contributed by atoms with Crippen LogP contribution < -0.4 is 5.32 Å². The van der Waals surface area contributed by atoms with E-state index in [2.05, 4.69) is 15.5 Å². The molecule has 1 aliphatic rings. The van der Waals surface area contributed by atoms with Crippen molar-refractivity contribution in [1.82, 2.24) is 15.5 Å². The van der Waals surface area contributed by atoms with Crippen molar-refractivity contribution in [3.05, 3.63) is 71.6 Å². The smallest absolute Gasteiger partial charge is 0.238 e. The lowest BCUT2D eigenvalue weighted by Crippen LogP contribution is -2.44. The molecule has 0 aliphatic carbocycles. The van der Waals surface area contributed by atoms with E-state index in [0.717, 1.165) is 24.9 Å². The van der Waals surface area contributed by atoms with Gasteiger partial charge in [0, 0.05) is 12.1 Å². The van der Waals surface area contributed by atoms with E-state index in [1.807, 2.05) is 0 Å². The summed E-state index contributed by atoms with van der Waals surface area (Å²) in [5.41, 5.74) is 1.14. The number of nitrogens with one attached hydrogen (secondary N) is 1. The summed E-state index contributed by atoms with van der Waals surface area (Å²) in [6.07, 6.45) is 1.78. The molecule has 1 atom stereocenters. The first-order valence-corrected chi connectivity index (χ1v) is 8.24. The molecule has 1 aromatic heterocycles. The second-order valence-corrected chi connectivity index (χ2v) is 6.30. The quantitative estimate of drug-likeness (QED) is 0.789. The largest absolute Gasteiger partial charge is 0.338 e. The lowest BCUT2D eigenvalue weighted by molar-refractivity contribution is 0.263. The highest BCUT2D eigenvalue weighted by molar-refractivity contribution is 5.54. The minimum absolute atomic E-state index is 0.278. The van der Waals surface area contributed by atoms with Crippen LogP contribution in [0.15, 0.2) is 53.1 Å². The Morgan fingerprint density at radius 1 is 0.960 bits per heavy atom. The Morgan fingerprint density at radius 3 is 2.28 bits per heavy atom. The summed E-state index contributed by atoms with van der Waals surface area (Å²) in [5, 5.41) is 7.44. The molecule has 0 spiro atoms. The van der Waals surface area contributed by atoms with Crippen LogP contribution in [0.2, 0.25) is 0 Å². The molecule has 128 valence electrons. The molecule has 2 heterocycles. The molecule has 1 N–H and O–H groups in total. The Balaban J connectivity index is 1.75. The average molecular weight is 341 g/mol.